The van der Waals surface area contributed by atoms with E-state index >= 15 is 0 Å². The molecule has 2 unspecified atom stereocenters. The Hall–Kier alpha value is -1.46. The highest BCUT2D eigenvalue weighted by molar-refractivity contribution is 5.82. The maximum atomic E-state index is 12.6. The molecule has 3 heterocycles. The topological polar surface area (TPSA) is 54.5 Å². The number of nitrogens with zero attached hydrogens (tertiary/aromatic N) is 2. The number of hydrogen-bond acceptors (Lipinski definition) is 4. The third-order valence-corrected chi connectivity index (χ3v) is 3.85. The van der Waals surface area contributed by atoms with Gasteiger partial charge in [-0.2, -0.15) is 0 Å². The lowest BCUT2D eigenvalue weighted by Gasteiger charge is -2.31. The molecule has 1 aromatic rings. The Labute approximate surface area is 113 Å². The lowest BCUT2D eigenvalue weighted by molar-refractivity contribution is -0.137. The lowest BCUT2D eigenvalue weighted by atomic mass is 10.1. The SMILES string of the molecule is O=C(C1COCCN1)N1CCCC1c1ccncc1. The molecule has 2 saturated heterocycles. The van der Waals surface area contributed by atoms with E-state index in [1.807, 2.05) is 17.0 Å². The minimum atomic E-state index is -0.184. The fourth-order valence-corrected chi connectivity index (χ4v) is 2.89. The summed E-state index contributed by atoms with van der Waals surface area (Å²) in [6, 6.07) is 4.01. The molecule has 0 bridgehead atoms. The number of pyridine rings is 1. The van der Waals surface area contributed by atoms with Crippen LogP contribution >= 0.6 is 0 Å². The summed E-state index contributed by atoms with van der Waals surface area (Å²) in [7, 11) is 0. The second-order valence-electron chi connectivity index (χ2n) is 5.05. The van der Waals surface area contributed by atoms with Crippen LogP contribution in [0.5, 0.6) is 0 Å². The van der Waals surface area contributed by atoms with Crippen LogP contribution in [0.3, 0.4) is 0 Å². The average Bonchev–Trinajstić information content (AvgIpc) is 2.98. The number of rotatable bonds is 2. The second-order valence-corrected chi connectivity index (χ2v) is 5.05. The molecule has 1 N–H and O–H groups in total. The van der Waals surface area contributed by atoms with Crippen molar-refractivity contribution < 1.29 is 9.53 Å². The van der Waals surface area contributed by atoms with Crippen LogP contribution in [0.4, 0.5) is 0 Å². The van der Waals surface area contributed by atoms with E-state index in [0.717, 1.165) is 25.9 Å². The van der Waals surface area contributed by atoms with E-state index in [9.17, 15) is 4.79 Å². The van der Waals surface area contributed by atoms with E-state index in [2.05, 4.69) is 10.3 Å². The Morgan fingerprint density at radius 1 is 1.42 bits per heavy atom. The van der Waals surface area contributed by atoms with Gasteiger partial charge in [0.1, 0.15) is 6.04 Å². The quantitative estimate of drug-likeness (QED) is 0.853. The number of ether oxygens (including phenoxy) is 1. The predicted octanol–water partition coefficient (Wildman–Crippen LogP) is 0.733. The number of carbonyl (C=O) groups is 1. The minimum absolute atomic E-state index is 0.166. The Morgan fingerprint density at radius 3 is 3.00 bits per heavy atom. The van der Waals surface area contributed by atoms with Crippen LogP contribution in [0.15, 0.2) is 24.5 Å². The summed E-state index contributed by atoms with van der Waals surface area (Å²) in [5.41, 5.74) is 1.18. The van der Waals surface area contributed by atoms with Crippen LogP contribution in [-0.2, 0) is 9.53 Å². The molecule has 5 heteroatoms. The zero-order valence-corrected chi connectivity index (χ0v) is 10.9. The van der Waals surface area contributed by atoms with Crippen molar-refractivity contribution in [3.8, 4) is 0 Å². The Bertz CT molecular complexity index is 432. The van der Waals surface area contributed by atoms with Gasteiger partial charge < -0.3 is 15.0 Å². The van der Waals surface area contributed by atoms with Crippen molar-refractivity contribution in [1.29, 1.82) is 0 Å². The number of amides is 1. The highest BCUT2D eigenvalue weighted by atomic mass is 16.5. The van der Waals surface area contributed by atoms with Gasteiger partial charge in [0, 0.05) is 25.5 Å². The van der Waals surface area contributed by atoms with E-state index in [-0.39, 0.29) is 18.0 Å². The average molecular weight is 261 g/mol. The summed E-state index contributed by atoms with van der Waals surface area (Å²) in [4.78, 5) is 18.6. The standard InChI is InChI=1S/C14H19N3O2/c18-14(12-10-19-9-7-16-12)17-8-1-2-13(17)11-3-5-15-6-4-11/h3-6,12-13,16H,1-2,7-10H2. The Balaban J connectivity index is 1.74. The normalized spacial score (nSPS) is 27.5. The molecule has 5 nitrogen and oxygen atoms in total. The van der Waals surface area contributed by atoms with Crippen molar-refractivity contribution in [3.05, 3.63) is 30.1 Å². The largest absolute Gasteiger partial charge is 0.378 e. The van der Waals surface area contributed by atoms with Crippen LogP contribution in [0, 0.1) is 0 Å². The Kier molecular flexibility index (Phi) is 3.75. The molecular weight excluding hydrogens is 242 g/mol. The van der Waals surface area contributed by atoms with Gasteiger partial charge in [-0.3, -0.25) is 9.78 Å². The smallest absolute Gasteiger partial charge is 0.242 e. The predicted molar refractivity (Wildman–Crippen MR) is 70.5 cm³/mol. The first-order valence-electron chi connectivity index (χ1n) is 6.88. The summed E-state index contributed by atoms with van der Waals surface area (Å²) in [6.45, 7) is 2.77. The first kappa shape index (κ1) is 12.6. The summed E-state index contributed by atoms with van der Waals surface area (Å²) < 4.78 is 5.38. The number of likely N-dealkylation sites (tertiary alicyclic amines) is 1. The van der Waals surface area contributed by atoms with Gasteiger partial charge in [0.25, 0.3) is 0 Å². The summed E-state index contributed by atoms with van der Waals surface area (Å²) >= 11 is 0. The van der Waals surface area contributed by atoms with Crippen molar-refractivity contribution in [3.63, 3.8) is 0 Å². The molecule has 0 saturated carbocycles. The third kappa shape index (κ3) is 2.62. The summed E-state index contributed by atoms with van der Waals surface area (Å²) in [5, 5.41) is 3.24. The van der Waals surface area contributed by atoms with Crippen molar-refractivity contribution in [1.82, 2.24) is 15.2 Å². The molecule has 3 rings (SSSR count). The van der Waals surface area contributed by atoms with Crippen LogP contribution < -0.4 is 5.32 Å². The summed E-state index contributed by atoms with van der Waals surface area (Å²) in [5.74, 6) is 0.166. The molecule has 0 aromatic carbocycles. The molecule has 2 fully saturated rings. The number of morpholine rings is 1. The molecule has 2 atom stereocenters. The van der Waals surface area contributed by atoms with Crippen molar-refractivity contribution in [2.24, 2.45) is 0 Å². The minimum Gasteiger partial charge on any atom is -0.378 e. The first-order valence-corrected chi connectivity index (χ1v) is 6.88. The van der Waals surface area contributed by atoms with Gasteiger partial charge in [0.15, 0.2) is 0 Å². The number of aromatic nitrogens is 1. The van der Waals surface area contributed by atoms with Gasteiger partial charge in [-0.05, 0) is 30.5 Å². The molecule has 0 radical (unpaired) electrons. The van der Waals surface area contributed by atoms with E-state index in [1.54, 1.807) is 12.4 Å². The van der Waals surface area contributed by atoms with Crippen LogP contribution in [-0.4, -0.2) is 48.1 Å². The van der Waals surface area contributed by atoms with Crippen molar-refractivity contribution >= 4 is 5.91 Å². The number of carbonyl (C=O) groups excluding carboxylic acids is 1. The van der Waals surface area contributed by atoms with Gasteiger partial charge in [-0.25, -0.2) is 0 Å². The van der Waals surface area contributed by atoms with Crippen LogP contribution in [0.1, 0.15) is 24.4 Å². The Morgan fingerprint density at radius 2 is 2.26 bits per heavy atom. The van der Waals surface area contributed by atoms with Crippen LogP contribution in [0.25, 0.3) is 0 Å². The lowest BCUT2D eigenvalue weighted by Crippen LogP contribution is -2.52. The highest BCUT2D eigenvalue weighted by Crippen LogP contribution is 2.32. The van der Waals surface area contributed by atoms with Crippen molar-refractivity contribution in [2.75, 3.05) is 26.3 Å². The maximum absolute atomic E-state index is 12.6. The molecule has 102 valence electrons. The van der Waals surface area contributed by atoms with Gasteiger partial charge >= 0.3 is 0 Å². The molecule has 2 aliphatic heterocycles. The maximum Gasteiger partial charge on any atom is 0.242 e. The zero-order chi connectivity index (χ0) is 13.1. The van der Waals surface area contributed by atoms with Crippen LogP contribution in [0.2, 0.25) is 0 Å². The third-order valence-electron chi connectivity index (χ3n) is 3.85. The molecule has 0 spiro atoms. The van der Waals surface area contributed by atoms with Gasteiger partial charge in [0.05, 0.1) is 19.3 Å². The number of nitrogens with one attached hydrogen (secondary N) is 1. The van der Waals surface area contributed by atoms with Gasteiger partial charge in [-0.15, -0.1) is 0 Å². The fourth-order valence-electron chi connectivity index (χ4n) is 2.89. The van der Waals surface area contributed by atoms with Gasteiger partial charge in [-0.1, -0.05) is 0 Å². The second kappa shape index (κ2) is 5.67. The molecule has 1 aromatic heterocycles. The molecule has 19 heavy (non-hydrogen) atoms. The van der Waals surface area contributed by atoms with E-state index in [4.69, 9.17) is 4.74 Å². The number of hydrogen-bond donors (Lipinski definition) is 1. The highest BCUT2D eigenvalue weighted by Gasteiger charge is 2.34. The molecule has 0 aliphatic carbocycles. The monoisotopic (exact) mass is 261 g/mol. The zero-order valence-electron chi connectivity index (χ0n) is 10.9. The van der Waals surface area contributed by atoms with Crippen molar-refractivity contribution in [2.45, 2.75) is 24.9 Å². The molecular formula is C14H19N3O2. The molecule has 2 aliphatic rings. The summed E-state index contributed by atoms with van der Waals surface area (Å²) in [6.07, 6.45) is 5.67. The first-order chi connectivity index (χ1) is 9.36. The van der Waals surface area contributed by atoms with Gasteiger partial charge in [0.2, 0.25) is 5.91 Å². The molecule has 1 amide bonds. The fraction of sp³-hybridized carbons (Fsp3) is 0.571. The van der Waals surface area contributed by atoms with E-state index in [0.29, 0.717) is 13.2 Å². The van der Waals surface area contributed by atoms with E-state index < -0.39 is 0 Å². The van der Waals surface area contributed by atoms with E-state index in [1.165, 1.54) is 5.56 Å².